The Morgan fingerprint density at radius 2 is 1.88 bits per heavy atom. The molecular weight excluding hydrogens is 202 g/mol. The van der Waals surface area contributed by atoms with Crippen molar-refractivity contribution in [1.82, 2.24) is 5.32 Å². The zero-order chi connectivity index (χ0) is 11.4. The van der Waals surface area contributed by atoms with Crippen LogP contribution in [0.25, 0.3) is 0 Å². The van der Waals surface area contributed by atoms with Gasteiger partial charge in [-0.2, -0.15) is 0 Å². The van der Waals surface area contributed by atoms with Gasteiger partial charge < -0.3 is 10.1 Å². The molecule has 3 rings (SSSR count). The van der Waals surface area contributed by atoms with Gasteiger partial charge >= 0.3 is 0 Å². The van der Waals surface area contributed by atoms with Crippen LogP contribution in [0.1, 0.15) is 39.5 Å². The molecule has 1 saturated heterocycles. The molecule has 3 nitrogen and oxygen atoms in total. The maximum Gasteiger partial charge on any atom is 0.223 e. The number of carbonyl (C=O) groups is 1. The highest BCUT2D eigenvalue weighted by Crippen LogP contribution is 2.55. The highest BCUT2D eigenvalue weighted by molar-refractivity contribution is 5.83. The van der Waals surface area contributed by atoms with Crippen molar-refractivity contribution >= 4 is 5.91 Å². The van der Waals surface area contributed by atoms with Gasteiger partial charge in [0.15, 0.2) is 0 Å². The molecule has 3 aliphatic rings. The van der Waals surface area contributed by atoms with E-state index in [0.717, 1.165) is 32.5 Å². The van der Waals surface area contributed by atoms with Crippen molar-refractivity contribution in [1.29, 1.82) is 0 Å². The second-order valence-corrected chi connectivity index (χ2v) is 6.49. The molecule has 0 radical (unpaired) electrons. The average molecular weight is 223 g/mol. The van der Waals surface area contributed by atoms with E-state index in [0.29, 0.717) is 17.4 Å². The van der Waals surface area contributed by atoms with E-state index in [2.05, 4.69) is 19.2 Å². The summed E-state index contributed by atoms with van der Waals surface area (Å²) < 4.78 is 5.38. The van der Waals surface area contributed by atoms with E-state index in [9.17, 15) is 4.79 Å². The molecule has 2 aliphatic carbocycles. The van der Waals surface area contributed by atoms with Gasteiger partial charge in [-0.3, -0.25) is 4.79 Å². The summed E-state index contributed by atoms with van der Waals surface area (Å²) in [5, 5.41) is 3.24. The molecule has 0 aromatic rings. The Morgan fingerprint density at radius 1 is 1.25 bits per heavy atom. The average Bonchev–Trinajstić information content (AvgIpc) is 3.07. The fraction of sp³-hybridized carbons (Fsp3) is 0.923. The highest BCUT2D eigenvalue weighted by atomic mass is 16.5. The van der Waals surface area contributed by atoms with Crippen LogP contribution in [0.2, 0.25) is 0 Å². The molecule has 1 N–H and O–H groups in total. The Balaban J connectivity index is 1.52. The zero-order valence-corrected chi connectivity index (χ0v) is 10.2. The summed E-state index contributed by atoms with van der Waals surface area (Å²) in [4.78, 5) is 12.0. The maximum absolute atomic E-state index is 12.0. The van der Waals surface area contributed by atoms with Gasteiger partial charge in [-0.25, -0.2) is 0 Å². The van der Waals surface area contributed by atoms with Crippen LogP contribution in [-0.2, 0) is 9.53 Å². The SMILES string of the molecule is CC1(C)C[C@@H]1C(=O)NC1CC12CCOCC2. The predicted octanol–water partition coefficient (Wildman–Crippen LogP) is 1.72. The Hall–Kier alpha value is -0.570. The summed E-state index contributed by atoms with van der Waals surface area (Å²) in [6, 6.07) is 0.445. The van der Waals surface area contributed by atoms with Crippen LogP contribution in [-0.4, -0.2) is 25.2 Å². The van der Waals surface area contributed by atoms with E-state index in [-0.39, 0.29) is 11.3 Å². The van der Waals surface area contributed by atoms with Crippen molar-refractivity contribution < 1.29 is 9.53 Å². The molecule has 3 fully saturated rings. The molecule has 0 aromatic carbocycles. The van der Waals surface area contributed by atoms with E-state index >= 15 is 0 Å². The minimum absolute atomic E-state index is 0.252. The third-order valence-electron chi connectivity index (χ3n) is 4.82. The van der Waals surface area contributed by atoms with Crippen molar-refractivity contribution in [3.05, 3.63) is 0 Å². The molecule has 1 aliphatic heterocycles. The summed E-state index contributed by atoms with van der Waals surface area (Å²) in [6.07, 6.45) is 4.49. The molecule has 16 heavy (non-hydrogen) atoms. The number of rotatable bonds is 2. The quantitative estimate of drug-likeness (QED) is 0.774. The second kappa shape index (κ2) is 3.22. The fourth-order valence-corrected chi connectivity index (χ4v) is 3.07. The third kappa shape index (κ3) is 1.65. The molecule has 3 heteroatoms. The van der Waals surface area contributed by atoms with Crippen molar-refractivity contribution in [2.45, 2.75) is 45.6 Å². The van der Waals surface area contributed by atoms with Crippen LogP contribution in [0, 0.1) is 16.7 Å². The van der Waals surface area contributed by atoms with Crippen LogP contribution < -0.4 is 5.32 Å². The molecule has 0 bridgehead atoms. The molecule has 1 spiro atoms. The molecule has 0 aromatic heterocycles. The largest absolute Gasteiger partial charge is 0.381 e. The first-order chi connectivity index (χ1) is 7.54. The van der Waals surface area contributed by atoms with Gasteiger partial charge in [0.2, 0.25) is 5.91 Å². The monoisotopic (exact) mass is 223 g/mol. The van der Waals surface area contributed by atoms with Crippen LogP contribution in [0.3, 0.4) is 0 Å². The van der Waals surface area contributed by atoms with E-state index < -0.39 is 0 Å². The van der Waals surface area contributed by atoms with Crippen molar-refractivity contribution in [2.75, 3.05) is 13.2 Å². The Morgan fingerprint density at radius 3 is 2.44 bits per heavy atom. The predicted molar refractivity (Wildman–Crippen MR) is 60.9 cm³/mol. The van der Waals surface area contributed by atoms with Crippen molar-refractivity contribution in [3.63, 3.8) is 0 Å². The smallest absolute Gasteiger partial charge is 0.223 e. The summed E-state index contributed by atoms with van der Waals surface area (Å²) in [5.74, 6) is 0.559. The van der Waals surface area contributed by atoms with E-state index in [1.165, 1.54) is 6.42 Å². The lowest BCUT2D eigenvalue weighted by Gasteiger charge is -2.23. The number of hydrogen-bond donors (Lipinski definition) is 1. The van der Waals surface area contributed by atoms with Crippen LogP contribution in [0.15, 0.2) is 0 Å². The van der Waals surface area contributed by atoms with E-state index in [1.807, 2.05) is 0 Å². The van der Waals surface area contributed by atoms with Gasteiger partial charge in [0.25, 0.3) is 0 Å². The maximum atomic E-state index is 12.0. The van der Waals surface area contributed by atoms with Crippen LogP contribution in [0.4, 0.5) is 0 Å². The minimum atomic E-state index is 0.252. The summed E-state index contributed by atoms with van der Waals surface area (Å²) in [5.41, 5.74) is 0.661. The van der Waals surface area contributed by atoms with E-state index in [1.54, 1.807) is 0 Å². The topological polar surface area (TPSA) is 38.3 Å². The number of hydrogen-bond acceptors (Lipinski definition) is 2. The normalized spacial score (nSPS) is 38.1. The molecule has 1 unspecified atom stereocenters. The number of nitrogens with one attached hydrogen (secondary N) is 1. The van der Waals surface area contributed by atoms with Gasteiger partial charge in [-0.1, -0.05) is 13.8 Å². The lowest BCUT2D eigenvalue weighted by atomic mass is 9.96. The van der Waals surface area contributed by atoms with Crippen molar-refractivity contribution in [3.8, 4) is 0 Å². The Labute approximate surface area is 96.9 Å². The first-order valence-corrected chi connectivity index (χ1v) is 6.42. The number of amides is 1. The Bertz CT molecular complexity index is 318. The number of carbonyl (C=O) groups excluding carboxylic acids is 1. The molecule has 1 amide bonds. The molecule has 2 saturated carbocycles. The fourth-order valence-electron chi connectivity index (χ4n) is 3.07. The minimum Gasteiger partial charge on any atom is -0.381 e. The molecule has 1 heterocycles. The number of ether oxygens (including phenoxy) is 1. The van der Waals surface area contributed by atoms with Gasteiger partial charge in [0.1, 0.15) is 0 Å². The van der Waals surface area contributed by atoms with Gasteiger partial charge in [0.05, 0.1) is 0 Å². The summed E-state index contributed by atoms with van der Waals surface area (Å²) >= 11 is 0. The Kier molecular flexibility index (Phi) is 2.13. The first kappa shape index (κ1) is 10.6. The van der Waals surface area contributed by atoms with Gasteiger partial charge in [-0.15, -0.1) is 0 Å². The molecule has 2 atom stereocenters. The highest BCUT2D eigenvalue weighted by Gasteiger charge is 2.57. The first-order valence-electron chi connectivity index (χ1n) is 6.42. The van der Waals surface area contributed by atoms with Gasteiger partial charge in [-0.05, 0) is 36.5 Å². The third-order valence-corrected chi connectivity index (χ3v) is 4.82. The lowest BCUT2D eigenvalue weighted by Crippen LogP contribution is -2.34. The molecule has 90 valence electrons. The standard InChI is InChI=1S/C13H21NO2/c1-12(2)7-9(12)11(15)14-10-8-13(10)3-5-16-6-4-13/h9-10H,3-8H2,1-2H3,(H,14,15)/t9-,10?/m1/s1. The summed E-state index contributed by atoms with van der Waals surface area (Å²) in [6.45, 7) is 6.10. The lowest BCUT2D eigenvalue weighted by molar-refractivity contribution is -0.123. The summed E-state index contributed by atoms with van der Waals surface area (Å²) in [7, 11) is 0. The van der Waals surface area contributed by atoms with Crippen LogP contribution in [0.5, 0.6) is 0 Å². The second-order valence-electron chi connectivity index (χ2n) is 6.49. The molecular formula is C13H21NO2. The van der Waals surface area contributed by atoms with E-state index in [4.69, 9.17) is 4.74 Å². The van der Waals surface area contributed by atoms with Crippen LogP contribution >= 0.6 is 0 Å². The van der Waals surface area contributed by atoms with Crippen molar-refractivity contribution in [2.24, 2.45) is 16.7 Å². The zero-order valence-electron chi connectivity index (χ0n) is 10.2. The van der Waals surface area contributed by atoms with Gasteiger partial charge in [0, 0.05) is 25.2 Å².